The summed E-state index contributed by atoms with van der Waals surface area (Å²) in [5.74, 6) is -2.97. The second-order valence-electron chi connectivity index (χ2n) is 12.2. The molecule has 0 aromatic heterocycles. The molecule has 2 amide bonds. The second kappa shape index (κ2) is 9.16. The Morgan fingerprint density at radius 3 is 2.41 bits per heavy atom. The SMILES string of the molecule is C=CCN(C(=O)C1N([C@@H](CC)CO)C(=O)[C@@H]2[C@@H](C(=O)O)[C@H]3CC(C)C12S3)C(C)(C)CC(C)(C)C. The van der Waals surface area contributed by atoms with Gasteiger partial charge in [-0.3, -0.25) is 14.4 Å². The zero-order chi connectivity index (χ0) is 25.8. The number of aliphatic carboxylic acids is 1. The van der Waals surface area contributed by atoms with Crippen molar-refractivity contribution in [3.63, 3.8) is 0 Å². The number of hydrogen-bond donors (Lipinski definition) is 2. The maximum atomic E-state index is 14.5. The molecule has 3 heterocycles. The van der Waals surface area contributed by atoms with Crippen molar-refractivity contribution in [3.8, 4) is 0 Å². The smallest absolute Gasteiger partial charge is 0.308 e. The summed E-state index contributed by atoms with van der Waals surface area (Å²) in [6.07, 6.45) is 3.62. The molecule has 0 aliphatic carbocycles. The molecule has 0 aromatic carbocycles. The number of fused-ring (bicyclic) bond motifs is 1. The van der Waals surface area contributed by atoms with E-state index in [1.165, 1.54) is 11.8 Å². The Morgan fingerprint density at radius 1 is 1.32 bits per heavy atom. The van der Waals surface area contributed by atoms with E-state index in [2.05, 4.69) is 27.4 Å². The molecule has 0 radical (unpaired) electrons. The highest BCUT2D eigenvalue weighted by Crippen LogP contribution is 2.69. The third-order valence-electron chi connectivity index (χ3n) is 8.05. The number of likely N-dealkylation sites (tertiary alicyclic amines) is 1. The van der Waals surface area contributed by atoms with E-state index in [0.717, 1.165) is 6.42 Å². The van der Waals surface area contributed by atoms with E-state index in [-0.39, 0.29) is 35.0 Å². The molecule has 3 aliphatic heterocycles. The van der Waals surface area contributed by atoms with E-state index in [1.54, 1.807) is 11.0 Å². The Hall–Kier alpha value is -1.54. The molecule has 3 saturated heterocycles. The van der Waals surface area contributed by atoms with E-state index in [0.29, 0.717) is 19.4 Å². The lowest BCUT2D eigenvalue weighted by Crippen LogP contribution is -2.62. The van der Waals surface area contributed by atoms with E-state index in [1.807, 2.05) is 32.6 Å². The van der Waals surface area contributed by atoms with Crippen LogP contribution in [0.15, 0.2) is 12.7 Å². The molecule has 192 valence electrons. The molecule has 3 rings (SSSR count). The molecule has 3 fully saturated rings. The van der Waals surface area contributed by atoms with Crippen molar-refractivity contribution >= 4 is 29.5 Å². The first kappa shape index (κ1) is 27.1. The topological polar surface area (TPSA) is 98.2 Å². The van der Waals surface area contributed by atoms with Gasteiger partial charge in [0.15, 0.2) is 0 Å². The number of carboxylic acids is 1. The van der Waals surface area contributed by atoms with Crippen LogP contribution in [-0.4, -0.2) is 78.6 Å². The van der Waals surface area contributed by atoms with E-state index in [4.69, 9.17) is 0 Å². The van der Waals surface area contributed by atoms with Crippen LogP contribution < -0.4 is 0 Å². The number of thioether (sulfide) groups is 1. The number of aliphatic hydroxyl groups excluding tert-OH is 1. The molecule has 7 atom stereocenters. The number of aliphatic hydroxyl groups is 1. The first-order chi connectivity index (χ1) is 15.7. The van der Waals surface area contributed by atoms with Gasteiger partial charge in [0.25, 0.3) is 0 Å². The number of hydrogen-bond acceptors (Lipinski definition) is 5. The molecule has 34 heavy (non-hydrogen) atoms. The van der Waals surface area contributed by atoms with E-state index in [9.17, 15) is 24.6 Å². The van der Waals surface area contributed by atoms with Gasteiger partial charge < -0.3 is 20.0 Å². The van der Waals surface area contributed by atoms with Crippen LogP contribution in [-0.2, 0) is 14.4 Å². The fourth-order valence-corrected chi connectivity index (χ4v) is 9.53. The first-order valence-electron chi connectivity index (χ1n) is 12.4. The normalized spacial score (nSPS) is 33.7. The van der Waals surface area contributed by atoms with Crippen molar-refractivity contribution in [1.82, 2.24) is 9.80 Å². The maximum Gasteiger partial charge on any atom is 0.308 e. The van der Waals surface area contributed by atoms with E-state index >= 15 is 0 Å². The van der Waals surface area contributed by atoms with Crippen LogP contribution in [0.2, 0.25) is 0 Å². The largest absolute Gasteiger partial charge is 0.481 e. The van der Waals surface area contributed by atoms with Gasteiger partial charge in [-0.2, -0.15) is 0 Å². The molecule has 7 nitrogen and oxygen atoms in total. The standard InChI is InChI=1S/C26H42N2O5S/c1-9-11-27(25(7,8)14-24(4,5)6)22(31)20-26-15(3)12-17(34-26)18(23(32)33)19(26)21(30)28(20)16(10-2)13-29/h9,15-20,29H,1,10-14H2,2-8H3,(H,32,33)/t15?,16-,17+,18-,19-,20?,26?/m0/s1. The average molecular weight is 495 g/mol. The summed E-state index contributed by atoms with van der Waals surface area (Å²) in [6.45, 7) is 18.4. The molecule has 3 unspecified atom stereocenters. The zero-order valence-electron chi connectivity index (χ0n) is 21.7. The van der Waals surface area contributed by atoms with Crippen LogP contribution in [0.25, 0.3) is 0 Å². The monoisotopic (exact) mass is 494 g/mol. The third kappa shape index (κ3) is 4.08. The van der Waals surface area contributed by atoms with Gasteiger partial charge in [-0.05, 0) is 44.4 Å². The van der Waals surface area contributed by atoms with Crippen molar-refractivity contribution in [3.05, 3.63) is 12.7 Å². The molecule has 3 aliphatic rings. The average Bonchev–Trinajstić information content (AvgIpc) is 3.29. The second-order valence-corrected chi connectivity index (χ2v) is 13.7. The fourth-order valence-electron chi connectivity index (χ4n) is 7.13. The quantitative estimate of drug-likeness (QED) is 0.477. The number of amides is 2. The zero-order valence-corrected chi connectivity index (χ0v) is 22.5. The van der Waals surface area contributed by atoms with Crippen LogP contribution in [0.3, 0.4) is 0 Å². The number of carbonyl (C=O) groups excluding carboxylic acids is 2. The number of rotatable bonds is 9. The minimum Gasteiger partial charge on any atom is -0.481 e. The summed E-state index contributed by atoms with van der Waals surface area (Å²) in [4.78, 5) is 44.1. The lowest BCUT2D eigenvalue weighted by molar-refractivity contribution is -0.150. The molecule has 1 spiro atoms. The molecular weight excluding hydrogens is 452 g/mol. The van der Waals surface area contributed by atoms with Crippen LogP contribution in [0.4, 0.5) is 0 Å². The van der Waals surface area contributed by atoms with Gasteiger partial charge in [0, 0.05) is 17.3 Å². The van der Waals surface area contributed by atoms with Gasteiger partial charge in [-0.1, -0.05) is 40.7 Å². The molecule has 2 bridgehead atoms. The molecule has 0 saturated carbocycles. The Morgan fingerprint density at radius 2 is 1.94 bits per heavy atom. The van der Waals surface area contributed by atoms with Gasteiger partial charge >= 0.3 is 5.97 Å². The van der Waals surface area contributed by atoms with Crippen LogP contribution in [0, 0.1) is 23.2 Å². The van der Waals surface area contributed by atoms with Crippen molar-refractivity contribution in [2.45, 2.75) is 95.3 Å². The molecule has 2 N–H and O–H groups in total. The van der Waals surface area contributed by atoms with Crippen LogP contribution in [0.5, 0.6) is 0 Å². The molecular formula is C26H42N2O5S. The molecule has 0 aromatic rings. The highest BCUT2D eigenvalue weighted by atomic mass is 32.2. The lowest BCUT2D eigenvalue weighted by atomic mass is 9.66. The Kier molecular flexibility index (Phi) is 7.29. The summed E-state index contributed by atoms with van der Waals surface area (Å²) >= 11 is 1.54. The number of carbonyl (C=O) groups is 3. The fraction of sp³-hybridized carbons (Fsp3) is 0.808. The third-order valence-corrected chi connectivity index (χ3v) is 10.1. The highest BCUT2D eigenvalue weighted by Gasteiger charge is 2.77. The highest BCUT2D eigenvalue weighted by molar-refractivity contribution is 8.02. The predicted molar refractivity (Wildman–Crippen MR) is 134 cm³/mol. The molecule has 8 heteroatoms. The van der Waals surface area contributed by atoms with Crippen molar-refractivity contribution in [2.24, 2.45) is 23.2 Å². The Labute approximate surface area is 208 Å². The van der Waals surface area contributed by atoms with Crippen molar-refractivity contribution < 1.29 is 24.6 Å². The van der Waals surface area contributed by atoms with Gasteiger partial charge in [-0.15, -0.1) is 18.3 Å². The van der Waals surface area contributed by atoms with Gasteiger partial charge in [0.05, 0.1) is 29.2 Å². The summed E-state index contributed by atoms with van der Waals surface area (Å²) in [5, 5.41) is 20.0. The summed E-state index contributed by atoms with van der Waals surface area (Å²) in [7, 11) is 0. The lowest BCUT2D eigenvalue weighted by Gasteiger charge is -2.47. The minimum absolute atomic E-state index is 0.0125. The summed E-state index contributed by atoms with van der Waals surface area (Å²) in [6, 6.07) is -1.34. The van der Waals surface area contributed by atoms with Gasteiger partial charge in [0.2, 0.25) is 11.8 Å². The van der Waals surface area contributed by atoms with E-state index < -0.39 is 40.2 Å². The Balaban J connectivity index is 2.16. The predicted octanol–water partition coefficient (Wildman–Crippen LogP) is 3.41. The van der Waals surface area contributed by atoms with Crippen molar-refractivity contribution in [2.75, 3.05) is 13.2 Å². The van der Waals surface area contributed by atoms with Gasteiger partial charge in [-0.25, -0.2) is 0 Å². The first-order valence-corrected chi connectivity index (χ1v) is 13.3. The van der Waals surface area contributed by atoms with Gasteiger partial charge in [0.1, 0.15) is 6.04 Å². The Bertz CT molecular complexity index is 849. The maximum absolute atomic E-state index is 14.5. The van der Waals surface area contributed by atoms with Crippen molar-refractivity contribution in [1.29, 1.82) is 0 Å². The number of nitrogens with zero attached hydrogens (tertiary/aromatic N) is 2. The van der Waals surface area contributed by atoms with Crippen LogP contribution in [0.1, 0.15) is 67.7 Å². The van der Waals surface area contributed by atoms with Crippen LogP contribution >= 0.6 is 11.8 Å². The summed E-state index contributed by atoms with van der Waals surface area (Å²) < 4.78 is -0.804. The summed E-state index contributed by atoms with van der Waals surface area (Å²) in [5.41, 5.74) is -0.543. The minimum atomic E-state index is -0.967. The number of carboxylic acid groups (broad SMARTS) is 1.